The Morgan fingerprint density at radius 3 is 2.56 bits per heavy atom. The van der Waals surface area contributed by atoms with Crippen molar-refractivity contribution in [2.45, 2.75) is 51.9 Å². The number of carbonyl (C=O) groups is 1. The predicted octanol–water partition coefficient (Wildman–Crippen LogP) is 4.60. The molecule has 1 fully saturated rings. The Labute approximate surface area is 102 Å². The highest BCUT2D eigenvalue weighted by atomic mass is 32.1. The second-order valence-corrected chi connectivity index (χ2v) is 5.83. The fourth-order valence-electron chi connectivity index (χ4n) is 2.58. The summed E-state index contributed by atoms with van der Waals surface area (Å²) in [6, 6.07) is 2.05. The van der Waals surface area contributed by atoms with Gasteiger partial charge in [-0.2, -0.15) is 0 Å². The highest BCUT2D eigenvalue weighted by molar-refractivity contribution is 7.12. The van der Waals surface area contributed by atoms with Crippen LogP contribution < -0.4 is 0 Å². The third-order valence-corrected chi connectivity index (χ3v) is 4.62. The van der Waals surface area contributed by atoms with Gasteiger partial charge in [-0.15, -0.1) is 11.3 Å². The summed E-state index contributed by atoms with van der Waals surface area (Å²) in [4.78, 5) is 13.1. The van der Waals surface area contributed by atoms with Crippen molar-refractivity contribution in [1.29, 1.82) is 0 Å². The topological polar surface area (TPSA) is 17.1 Å². The van der Waals surface area contributed by atoms with E-state index >= 15 is 0 Å². The summed E-state index contributed by atoms with van der Waals surface area (Å²) < 4.78 is 0. The third-order valence-electron chi connectivity index (χ3n) is 3.56. The zero-order valence-electron chi connectivity index (χ0n) is 10.00. The van der Waals surface area contributed by atoms with Crippen molar-refractivity contribution >= 4 is 17.1 Å². The van der Waals surface area contributed by atoms with Gasteiger partial charge in [0.15, 0.2) is 5.78 Å². The second kappa shape index (κ2) is 5.62. The number of thiophene rings is 1. The summed E-state index contributed by atoms with van der Waals surface area (Å²) in [5, 5.41) is 2.02. The van der Waals surface area contributed by atoms with Crippen LogP contribution >= 0.6 is 11.3 Å². The molecule has 1 saturated carbocycles. The number of aryl methyl sites for hydroxylation is 1. The zero-order chi connectivity index (χ0) is 11.4. The van der Waals surface area contributed by atoms with Gasteiger partial charge in [0, 0.05) is 6.42 Å². The summed E-state index contributed by atoms with van der Waals surface area (Å²) in [6.07, 6.45) is 8.67. The van der Waals surface area contributed by atoms with E-state index in [1.165, 1.54) is 38.5 Å². The summed E-state index contributed by atoms with van der Waals surface area (Å²) in [5.41, 5.74) is 1.16. The molecule has 2 rings (SSSR count). The van der Waals surface area contributed by atoms with Crippen LogP contribution in [0.15, 0.2) is 11.4 Å². The van der Waals surface area contributed by atoms with Crippen molar-refractivity contribution in [2.75, 3.05) is 0 Å². The van der Waals surface area contributed by atoms with Gasteiger partial charge in [0.25, 0.3) is 0 Å². The van der Waals surface area contributed by atoms with E-state index in [2.05, 4.69) is 0 Å². The van der Waals surface area contributed by atoms with E-state index < -0.39 is 0 Å². The summed E-state index contributed by atoms with van der Waals surface area (Å²) in [5.74, 6) is 1.02. The maximum absolute atomic E-state index is 12.1. The lowest BCUT2D eigenvalue weighted by atomic mass is 9.93. The van der Waals surface area contributed by atoms with Gasteiger partial charge in [0.1, 0.15) is 0 Å². The molecular formula is C14H20OS. The Balaban J connectivity index is 1.93. The van der Waals surface area contributed by atoms with E-state index in [9.17, 15) is 4.79 Å². The Hall–Kier alpha value is -0.630. The maximum atomic E-state index is 12.1. The quantitative estimate of drug-likeness (QED) is 0.553. The molecule has 0 radical (unpaired) electrons. The number of carbonyl (C=O) groups excluding carboxylic acids is 1. The van der Waals surface area contributed by atoms with Crippen LogP contribution in [0.1, 0.15) is 60.2 Å². The molecule has 0 amide bonds. The minimum Gasteiger partial charge on any atom is -0.293 e. The zero-order valence-corrected chi connectivity index (χ0v) is 10.8. The molecule has 1 aliphatic rings. The van der Waals surface area contributed by atoms with Crippen LogP contribution in [0.2, 0.25) is 0 Å². The molecule has 1 aromatic heterocycles. The SMILES string of the molecule is Cc1ccsc1C(=O)CC1CCCCCC1. The Morgan fingerprint density at radius 2 is 2.00 bits per heavy atom. The molecule has 1 aromatic rings. The Morgan fingerprint density at radius 1 is 1.31 bits per heavy atom. The van der Waals surface area contributed by atoms with E-state index in [0.717, 1.165) is 16.9 Å². The van der Waals surface area contributed by atoms with Crippen molar-refractivity contribution in [2.24, 2.45) is 5.92 Å². The number of Topliss-reactive ketones (excluding diaryl/α,β-unsaturated/α-hetero) is 1. The van der Waals surface area contributed by atoms with E-state index in [-0.39, 0.29) is 0 Å². The average molecular weight is 236 g/mol. The maximum Gasteiger partial charge on any atom is 0.173 e. The molecule has 1 nitrogen and oxygen atoms in total. The smallest absolute Gasteiger partial charge is 0.173 e. The van der Waals surface area contributed by atoms with Crippen LogP contribution in [0, 0.1) is 12.8 Å². The van der Waals surface area contributed by atoms with Gasteiger partial charge in [0.2, 0.25) is 0 Å². The van der Waals surface area contributed by atoms with Crippen LogP contribution in [0.3, 0.4) is 0 Å². The van der Waals surface area contributed by atoms with Crippen LogP contribution in [-0.4, -0.2) is 5.78 Å². The number of ketones is 1. The van der Waals surface area contributed by atoms with E-state index in [4.69, 9.17) is 0 Å². The molecule has 0 bridgehead atoms. The molecule has 16 heavy (non-hydrogen) atoms. The second-order valence-electron chi connectivity index (χ2n) is 4.92. The molecule has 1 aliphatic carbocycles. The van der Waals surface area contributed by atoms with Gasteiger partial charge >= 0.3 is 0 Å². The fourth-order valence-corrected chi connectivity index (χ4v) is 3.46. The lowest BCUT2D eigenvalue weighted by molar-refractivity contribution is 0.0960. The molecule has 2 heteroatoms. The molecule has 0 aromatic carbocycles. The first-order valence-electron chi connectivity index (χ1n) is 6.34. The first-order valence-corrected chi connectivity index (χ1v) is 7.22. The fraction of sp³-hybridized carbons (Fsp3) is 0.643. The van der Waals surface area contributed by atoms with Crippen LogP contribution in [0.5, 0.6) is 0 Å². The van der Waals surface area contributed by atoms with Crippen molar-refractivity contribution in [3.8, 4) is 0 Å². The van der Waals surface area contributed by atoms with E-state index in [1.54, 1.807) is 11.3 Å². The van der Waals surface area contributed by atoms with Crippen molar-refractivity contribution < 1.29 is 4.79 Å². The number of hydrogen-bond acceptors (Lipinski definition) is 2. The predicted molar refractivity (Wildman–Crippen MR) is 69.2 cm³/mol. The minimum absolute atomic E-state index is 0.374. The average Bonchev–Trinajstić information content (AvgIpc) is 2.53. The molecule has 0 aliphatic heterocycles. The molecule has 0 unspecified atom stereocenters. The van der Waals surface area contributed by atoms with E-state index in [1.807, 2.05) is 18.4 Å². The molecular weight excluding hydrogens is 216 g/mol. The monoisotopic (exact) mass is 236 g/mol. The van der Waals surface area contributed by atoms with Crippen molar-refractivity contribution in [1.82, 2.24) is 0 Å². The first kappa shape index (κ1) is 11.8. The molecule has 0 spiro atoms. The first-order chi connectivity index (χ1) is 7.77. The standard InChI is InChI=1S/C14H20OS/c1-11-8-9-16-14(11)13(15)10-12-6-4-2-3-5-7-12/h8-9,12H,2-7,10H2,1H3. The largest absolute Gasteiger partial charge is 0.293 e. The molecule has 0 N–H and O–H groups in total. The highest BCUT2D eigenvalue weighted by Gasteiger charge is 2.18. The molecule has 1 heterocycles. The molecule has 0 saturated heterocycles. The lowest BCUT2D eigenvalue weighted by Gasteiger charge is -2.12. The van der Waals surface area contributed by atoms with Gasteiger partial charge in [0.05, 0.1) is 4.88 Å². The summed E-state index contributed by atoms with van der Waals surface area (Å²) in [6.45, 7) is 2.04. The summed E-state index contributed by atoms with van der Waals surface area (Å²) in [7, 11) is 0. The van der Waals surface area contributed by atoms with Crippen molar-refractivity contribution in [3.05, 3.63) is 21.9 Å². The van der Waals surface area contributed by atoms with Crippen LogP contribution in [-0.2, 0) is 0 Å². The van der Waals surface area contributed by atoms with Gasteiger partial charge in [-0.1, -0.05) is 38.5 Å². The Kier molecular flexibility index (Phi) is 4.16. The minimum atomic E-state index is 0.374. The van der Waals surface area contributed by atoms with Gasteiger partial charge in [-0.25, -0.2) is 0 Å². The molecule has 88 valence electrons. The van der Waals surface area contributed by atoms with Crippen LogP contribution in [0.4, 0.5) is 0 Å². The number of rotatable bonds is 3. The number of hydrogen-bond donors (Lipinski definition) is 0. The van der Waals surface area contributed by atoms with Gasteiger partial charge in [-0.05, 0) is 29.9 Å². The lowest BCUT2D eigenvalue weighted by Crippen LogP contribution is -2.08. The Bertz CT molecular complexity index is 345. The van der Waals surface area contributed by atoms with Crippen LogP contribution in [0.25, 0.3) is 0 Å². The molecule has 0 atom stereocenters. The normalized spacial score (nSPS) is 18.3. The summed E-state index contributed by atoms with van der Waals surface area (Å²) >= 11 is 1.60. The third kappa shape index (κ3) is 2.94. The van der Waals surface area contributed by atoms with E-state index in [0.29, 0.717) is 11.7 Å². The van der Waals surface area contributed by atoms with Crippen molar-refractivity contribution in [3.63, 3.8) is 0 Å². The van der Waals surface area contributed by atoms with Gasteiger partial charge in [-0.3, -0.25) is 4.79 Å². The van der Waals surface area contributed by atoms with Gasteiger partial charge < -0.3 is 0 Å². The highest BCUT2D eigenvalue weighted by Crippen LogP contribution is 2.28.